The van der Waals surface area contributed by atoms with Gasteiger partial charge in [0.05, 0.1) is 19.9 Å². The summed E-state index contributed by atoms with van der Waals surface area (Å²) in [5.74, 6) is 1.44. The normalized spacial score (nSPS) is 10.0. The first kappa shape index (κ1) is 17.4. The predicted molar refractivity (Wildman–Crippen MR) is 98.9 cm³/mol. The Kier molecular flexibility index (Phi) is 6.50. The van der Waals surface area contributed by atoms with Crippen LogP contribution in [0.3, 0.4) is 0 Å². The second kappa shape index (κ2) is 8.60. The molecule has 2 aromatic carbocycles. The Morgan fingerprint density at radius 3 is 2.48 bits per heavy atom. The highest BCUT2D eigenvalue weighted by molar-refractivity contribution is 7.80. The van der Waals surface area contributed by atoms with Crippen LogP contribution >= 0.6 is 23.8 Å². The molecule has 0 aromatic heterocycles. The molecule has 0 saturated heterocycles. The third-order valence-corrected chi connectivity index (χ3v) is 3.77. The van der Waals surface area contributed by atoms with E-state index in [4.69, 9.17) is 33.3 Å². The van der Waals surface area contributed by atoms with Gasteiger partial charge in [-0.25, -0.2) is 0 Å². The Balaban J connectivity index is 1.88. The van der Waals surface area contributed by atoms with Crippen LogP contribution < -0.4 is 20.1 Å². The van der Waals surface area contributed by atoms with E-state index >= 15 is 0 Å². The number of methoxy groups -OCH3 is 2. The molecule has 4 nitrogen and oxygen atoms in total. The zero-order valence-corrected chi connectivity index (χ0v) is 14.6. The van der Waals surface area contributed by atoms with Gasteiger partial charge >= 0.3 is 0 Å². The van der Waals surface area contributed by atoms with Gasteiger partial charge in [0.25, 0.3) is 0 Å². The van der Waals surface area contributed by atoms with E-state index in [1.165, 1.54) is 5.56 Å². The number of hydrogen-bond acceptors (Lipinski definition) is 3. The van der Waals surface area contributed by atoms with Gasteiger partial charge in [-0.2, -0.15) is 0 Å². The first-order chi connectivity index (χ1) is 11.1. The molecule has 23 heavy (non-hydrogen) atoms. The highest BCUT2D eigenvalue weighted by atomic mass is 35.5. The highest BCUT2D eigenvalue weighted by Crippen LogP contribution is 2.28. The van der Waals surface area contributed by atoms with E-state index in [1.807, 2.05) is 42.5 Å². The van der Waals surface area contributed by atoms with Crippen LogP contribution in [0.5, 0.6) is 11.5 Å². The van der Waals surface area contributed by atoms with Crippen molar-refractivity contribution in [2.24, 2.45) is 0 Å². The van der Waals surface area contributed by atoms with E-state index in [0.717, 1.165) is 29.4 Å². The van der Waals surface area contributed by atoms with Gasteiger partial charge in [0, 0.05) is 17.6 Å². The minimum atomic E-state index is 0.533. The monoisotopic (exact) mass is 350 g/mol. The van der Waals surface area contributed by atoms with Crippen molar-refractivity contribution in [2.75, 3.05) is 26.1 Å². The molecule has 0 fully saturated rings. The van der Waals surface area contributed by atoms with Crippen LogP contribution in [0.4, 0.5) is 5.69 Å². The molecule has 2 N–H and O–H groups in total. The molecule has 0 aliphatic carbocycles. The van der Waals surface area contributed by atoms with Crippen molar-refractivity contribution < 1.29 is 9.47 Å². The van der Waals surface area contributed by atoms with E-state index < -0.39 is 0 Å². The predicted octanol–water partition coefficient (Wildman–Crippen LogP) is 3.89. The van der Waals surface area contributed by atoms with Crippen LogP contribution in [0.1, 0.15) is 5.56 Å². The quantitative estimate of drug-likeness (QED) is 0.774. The van der Waals surface area contributed by atoms with Gasteiger partial charge in [-0.15, -0.1) is 0 Å². The number of benzene rings is 2. The maximum atomic E-state index is 5.87. The summed E-state index contributed by atoms with van der Waals surface area (Å²) in [5.41, 5.74) is 1.96. The lowest BCUT2D eigenvalue weighted by Crippen LogP contribution is -2.30. The lowest BCUT2D eigenvalue weighted by Gasteiger charge is -2.14. The molecular formula is C17H19ClN2O2S. The van der Waals surface area contributed by atoms with Gasteiger partial charge in [-0.3, -0.25) is 0 Å². The summed E-state index contributed by atoms with van der Waals surface area (Å²) in [6.07, 6.45) is 0.855. The minimum absolute atomic E-state index is 0.533. The SMILES string of the molecule is COc1ccc(OC)c(NC(=S)NCCc2ccc(Cl)cc2)c1. The Bertz CT molecular complexity index is 662. The van der Waals surface area contributed by atoms with Crippen LogP contribution in [0.25, 0.3) is 0 Å². The van der Waals surface area contributed by atoms with E-state index in [-0.39, 0.29) is 0 Å². The van der Waals surface area contributed by atoms with Crippen molar-refractivity contribution in [1.29, 1.82) is 0 Å². The fraction of sp³-hybridized carbons (Fsp3) is 0.235. The lowest BCUT2D eigenvalue weighted by molar-refractivity contribution is 0.405. The van der Waals surface area contributed by atoms with E-state index in [0.29, 0.717) is 10.9 Å². The third kappa shape index (κ3) is 5.30. The van der Waals surface area contributed by atoms with Crippen LogP contribution in [-0.4, -0.2) is 25.9 Å². The first-order valence-electron chi connectivity index (χ1n) is 7.13. The third-order valence-electron chi connectivity index (χ3n) is 3.27. The second-order valence-corrected chi connectivity index (χ2v) is 5.67. The van der Waals surface area contributed by atoms with Crippen LogP contribution in [0, 0.1) is 0 Å². The first-order valence-corrected chi connectivity index (χ1v) is 7.92. The van der Waals surface area contributed by atoms with Crippen molar-refractivity contribution in [3.63, 3.8) is 0 Å². The molecule has 0 aliphatic heterocycles. The summed E-state index contributed by atoms with van der Waals surface area (Å²) in [4.78, 5) is 0. The van der Waals surface area contributed by atoms with E-state index in [2.05, 4.69) is 10.6 Å². The van der Waals surface area contributed by atoms with Crippen molar-refractivity contribution in [1.82, 2.24) is 5.32 Å². The highest BCUT2D eigenvalue weighted by Gasteiger charge is 2.06. The molecule has 2 aromatic rings. The topological polar surface area (TPSA) is 42.5 Å². The van der Waals surface area contributed by atoms with Gasteiger partial charge in [-0.05, 0) is 48.5 Å². The molecule has 0 radical (unpaired) electrons. The molecule has 0 atom stereocenters. The summed E-state index contributed by atoms with van der Waals surface area (Å²) >= 11 is 11.2. The van der Waals surface area contributed by atoms with Crippen molar-refractivity contribution in [2.45, 2.75) is 6.42 Å². The van der Waals surface area contributed by atoms with Gasteiger partial charge in [0.1, 0.15) is 11.5 Å². The zero-order valence-electron chi connectivity index (χ0n) is 13.1. The smallest absolute Gasteiger partial charge is 0.170 e. The average Bonchev–Trinajstić information content (AvgIpc) is 2.56. The van der Waals surface area contributed by atoms with Crippen molar-refractivity contribution >= 4 is 34.6 Å². The molecule has 0 spiro atoms. The summed E-state index contributed by atoms with van der Waals surface area (Å²) in [5, 5.41) is 7.57. The minimum Gasteiger partial charge on any atom is -0.497 e. The molecular weight excluding hydrogens is 332 g/mol. The molecule has 122 valence electrons. The standard InChI is InChI=1S/C17H19ClN2O2S/c1-21-14-7-8-16(22-2)15(11-14)20-17(23)19-10-9-12-3-5-13(18)6-4-12/h3-8,11H,9-10H2,1-2H3,(H2,19,20,23). The molecule has 0 bridgehead atoms. The number of rotatable bonds is 6. The molecule has 0 saturated carbocycles. The summed E-state index contributed by atoms with van der Waals surface area (Å²) in [6, 6.07) is 13.3. The molecule has 0 aliphatic rings. The Labute approximate surface area is 146 Å². The number of halogens is 1. The van der Waals surface area contributed by atoms with Gasteiger partial charge < -0.3 is 20.1 Å². The van der Waals surface area contributed by atoms with E-state index in [9.17, 15) is 0 Å². The van der Waals surface area contributed by atoms with Crippen LogP contribution in [0.2, 0.25) is 5.02 Å². The number of anilines is 1. The van der Waals surface area contributed by atoms with E-state index in [1.54, 1.807) is 14.2 Å². The Morgan fingerprint density at radius 2 is 1.83 bits per heavy atom. The van der Waals surface area contributed by atoms with Crippen molar-refractivity contribution in [3.8, 4) is 11.5 Å². The Hall–Kier alpha value is -1.98. The lowest BCUT2D eigenvalue weighted by atomic mass is 10.1. The fourth-order valence-electron chi connectivity index (χ4n) is 2.05. The molecule has 6 heteroatoms. The summed E-state index contributed by atoms with van der Waals surface area (Å²) < 4.78 is 10.5. The number of nitrogens with one attached hydrogen (secondary N) is 2. The largest absolute Gasteiger partial charge is 0.497 e. The molecule has 2 rings (SSSR count). The van der Waals surface area contributed by atoms with Gasteiger partial charge in [0.15, 0.2) is 5.11 Å². The van der Waals surface area contributed by atoms with Gasteiger partial charge in [0.2, 0.25) is 0 Å². The number of ether oxygens (including phenoxy) is 2. The summed E-state index contributed by atoms with van der Waals surface area (Å²) in [7, 11) is 3.23. The number of hydrogen-bond donors (Lipinski definition) is 2. The van der Waals surface area contributed by atoms with Crippen LogP contribution in [-0.2, 0) is 6.42 Å². The van der Waals surface area contributed by atoms with Crippen LogP contribution in [0.15, 0.2) is 42.5 Å². The van der Waals surface area contributed by atoms with Gasteiger partial charge in [-0.1, -0.05) is 23.7 Å². The molecule has 0 unspecified atom stereocenters. The van der Waals surface area contributed by atoms with Crippen molar-refractivity contribution in [3.05, 3.63) is 53.1 Å². The fourth-order valence-corrected chi connectivity index (χ4v) is 2.39. The second-order valence-electron chi connectivity index (χ2n) is 4.82. The molecule has 0 heterocycles. The zero-order chi connectivity index (χ0) is 16.7. The number of thiocarbonyl (C=S) groups is 1. The maximum absolute atomic E-state index is 5.87. The maximum Gasteiger partial charge on any atom is 0.170 e. The summed E-state index contributed by atoms with van der Waals surface area (Å²) in [6.45, 7) is 0.722. The molecule has 0 amide bonds. The average molecular weight is 351 g/mol. The Morgan fingerprint density at radius 1 is 1.09 bits per heavy atom.